The van der Waals surface area contributed by atoms with Crippen LogP contribution in [0.5, 0.6) is 0 Å². The first-order valence-corrected chi connectivity index (χ1v) is 12.6. The maximum absolute atomic E-state index is 12.5. The molecule has 1 aromatic carbocycles. The predicted molar refractivity (Wildman–Crippen MR) is 130 cm³/mol. The number of carbonyl (C=O) groups excluding carboxylic acids is 1. The first kappa shape index (κ1) is 21.2. The maximum atomic E-state index is 12.5. The fraction of sp³-hybridized carbons (Fsp3) is 0.391. The number of thiophene rings is 1. The molecule has 166 valence electrons. The summed E-state index contributed by atoms with van der Waals surface area (Å²) in [4.78, 5) is 39.1. The number of rotatable bonds is 5. The van der Waals surface area contributed by atoms with Gasteiger partial charge in [0.15, 0.2) is 5.58 Å². The number of anilines is 1. The molecule has 9 heteroatoms. The molecule has 1 aliphatic rings. The van der Waals surface area contributed by atoms with Crippen LogP contribution in [-0.2, 0) is 28.8 Å². The Morgan fingerprint density at radius 2 is 2.12 bits per heavy atom. The third kappa shape index (κ3) is 4.06. The van der Waals surface area contributed by atoms with Gasteiger partial charge in [-0.15, -0.1) is 23.1 Å². The number of hydrogen-bond donors (Lipinski definition) is 2. The number of nitrogens with zero attached hydrogens (tertiary/aromatic N) is 2. The number of hydrogen-bond acceptors (Lipinski definition) is 7. The molecule has 0 saturated carbocycles. The summed E-state index contributed by atoms with van der Waals surface area (Å²) < 4.78 is 5.80. The Balaban J connectivity index is 1.21. The second-order valence-electron chi connectivity index (χ2n) is 9.04. The quantitative estimate of drug-likeness (QED) is 0.437. The lowest BCUT2D eigenvalue weighted by atomic mass is 9.97. The van der Waals surface area contributed by atoms with Gasteiger partial charge in [0.05, 0.1) is 16.9 Å². The zero-order valence-corrected chi connectivity index (χ0v) is 19.8. The van der Waals surface area contributed by atoms with Crippen LogP contribution in [0.15, 0.2) is 27.4 Å². The number of oxazole rings is 1. The number of nitrogens with one attached hydrogen (secondary N) is 2. The van der Waals surface area contributed by atoms with Crippen LogP contribution in [0.25, 0.3) is 21.3 Å². The van der Waals surface area contributed by atoms with Crippen molar-refractivity contribution in [2.45, 2.75) is 51.2 Å². The summed E-state index contributed by atoms with van der Waals surface area (Å²) in [7, 11) is 0. The summed E-state index contributed by atoms with van der Waals surface area (Å²) in [6.07, 6.45) is 3.12. The molecule has 0 radical (unpaired) electrons. The third-order valence-electron chi connectivity index (χ3n) is 5.41. The molecule has 3 heterocycles. The van der Waals surface area contributed by atoms with Crippen molar-refractivity contribution in [1.29, 1.82) is 0 Å². The number of carbonyl (C=O) groups is 1. The lowest BCUT2D eigenvalue weighted by Gasteiger charge is -2.11. The smallest absolute Gasteiger partial charge is 0.259 e. The largest absolute Gasteiger partial charge is 0.440 e. The monoisotopic (exact) mass is 468 g/mol. The Hall–Kier alpha value is -2.65. The fourth-order valence-electron chi connectivity index (χ4n) is 3.88. The van der Waals surface area contributed by atoms with E-state index < -0.39 is 0 Å². The molecule has 0 bridgehead atoms. The van der Waals surface area contributed by atoms with Gasteiger partial charge >= 0.3 is 0 Å². The second-order valence-corrected chi connectivity index (χ2v) is 11.1. The second kappa shape index (κ2) is 8.04. The van der Waals surface area contributed by atoms with Crippen LogP contribution in [0.3, 0.4) is 0 Å². The number of fused-ring (bicyclic) bond motifs is 4. The van der Waals surface area contributed by atoms with Gasteiger partial charge in [-0.2, -0.15) is 0 Å². The Morgan fingerprint density at radius 1 is 1.28 bits per heavy atom. The fourth-order valence-corrected chi connectivity index (χ4v) is 5.85. The normalized spacial score (nSPS) is 13.7. The van der Waals surface area contributed by atoms with Crippen molar-refractivity contribution < 1.29 is 9.21 Å². The molecule has 1 aliphatic carbocycles. The maximum Gasteiger partial charge on any atom is 0.259 e. The number of thioether (sulfide) groups is 1. The minimum Gasteiger partial charge on any atom is -0.440 e. The van der Waals surface area contributed by atoms with Gasteiger partial charge in [-0.1, -0.05) is 20.8 Å². The van der Waals surface area contributed by atoms with Crippen molar-refractivity contribution in [3.63, 3.8) is 0 Å². The highest BCUT2D eigenvalue weighted by molar-refractivity contribution is 7.99. The van der Waals surface area contributed by atoms with E-state index in [9.17, 15) is 9.59 Å². The van der Waals surface area contributed by atoms with Crippen LogP contribution in [0.2, 0.25) is 0 Å². The van der Waals surface area contributed by atoms with Crippen LogP contribution < -0.4 is 10.9 Å². The average Bonchev–Trinajstić information content (AvgIpc) is 3.40. The zero-order valence-electron chi connectivity index (χ0n) is 18.2. The van der Waals surface area contributed by atoms with Crippen LogP contribution in [0.1, 0.15) is 49.3 Å². The van der Waals surface area contributed by atoms with E-state index in [1.807, 2.05) is 39.0 Å². The highest BCUT2D eigenvalue weighted by atomic mass is 32.2. The van der Waals surface area contributed by atoms with Crippen LogP contribution >= 0.6 is 23.1 Å². The van der Waals surface area contributed by atoms with Crippen molar-refractivity contribution in [3.05, 3.63) is 50.7 Å². The Kier molecular flexibility index (Phi) is 5.33. The van der Waals surface area contributed by atoms with Crippen molar-refractivity contribution in [2.75, 3.05) is 11.1 Å². The van der Waals surface area contributed by atoms with Crippen LogP contribution in [0, 0.1) is 0 Å². The Morgan fingerprint density at radius 3 is 2.94 bits per heavy atom. The molecule has 0 spiro atoms. The van der Waals surface area contributed by atoms with Crippen molar-refractivity contribution in [3.8, 4) is 0 Å². The van der Waals surface area contributed by atoms with E-state index >= 15 is 0 Å². The van der Waals surface area contributed by atoms with Gasteiger partial charge in [-0.25, -0.2) is 9.97 Å². The first-order valence-electron chi connectivity index (χ1n) is 10.6. The van der Waals surface area contributed by atoms with Gasteiger partial charge in [0, 0.05) is 16.0 Å². The van der Waals surface area contributed by atoms with E-state index in [1.165, 1.54) is 22.2 Å². The first-order chi connectivity index (χ1) is 15.3. The highest BCUT2D eigenvalue weighted by Gasteiger charge is 2.22. The summed E-state index contributed by atoms with van der Waals surface area (Å²) in [5.74, 6) is 1.89. The Labute approximate surface area is 193 Å². The SMILES string of the molecule is CC(C)(C)c1nc2cc(NC(=O)CSCc3nc4sc5c(c4c(=O)[nH]3)CCC5)ccc2o1. The summed E-state index contributed by atoms with van der Waals surface area (Å²) in [6.45, 7) is 6.13. The van der Waals surface area contributed by atoms with Crippen molar-refractivity contribution >= 4 is 56.0 Å². The average molecular weight is 469 g/mol. The summed E-state index contributed by atoms with van der Waals surface area (Å²) in [5.41, 5.74) is 3.03. The van der Waals surface area contributed by atoms with E-state index in [4.69, 9.17) is 4.42 Å². The molecule has 0 fully saturated rings. The summed E-state index contributed by atoms with van der Waals surface area (Å²) in [6, 6.07) is 5.45. The van der Waals surface area contributed by atoms with Crippen molar-refractivity contribution in [2.24, 2.45) is 0 Å². The Bertz CT molecular complexity index is 1390. The topological polar surface area (TPSA) is 101 Å². The van der Waals surface area contributed by atoms with Gasteiger partial charge in [0.25, 0.3) is 5.56 Å². The predicted octanol–water partition coefficient (Wildman–Crippen LogP) is 4.78. The molecule has 0 unspecified atom stereocenters. The van der Waals surface area contributed by atoms with Crippen molar-refractivity contribution in [1.82, 2.24) is 15.0 Å². The number of aryl methyl sites for hydroxylation is 2. The van der Waals surface area contributed by atoms with Gasteiger partial charge in [0.1, 0.15) is 16.2 Å². The minimum atomic E-state index is -0.180. The lowest BCUT2D eigenvalue weighted by molar-refractivity contribution is -0.113. The third-order valence-corrected chi connectivity index (χ3v) is 7.54. The number of amides is 1. The molecule has 4 aromatic rings. The number of aromatic amines is 1. The van der Waals surface area contributed by atoms with E-state index in [0.717, 1.165) is 35.0 Å². The lowest BCUT2D eigenvalue weighted by Crippen LogP contribution is -2.15. The minimum absolute atomic E-state index is 0.0648. The summed E-state index contributed by atoms with van der Waals surface area (Å²) in [5, 5.41) is 3.66. The molecule has 0 aliphatic heterocycles. The molecule has 32 heavy (non-hydrogen) atoms. The molecule has 7 nitrogen and oxygen atoms in total. The molecule has 1 amide bonds. The molecule has 2 N–H and O–H groups in total. The molecule has 0 saturated heterocycles. The number of H-pyrrole nitrogens is 1. The standard InChI is InChI=1S/C23H24N4O3S2/c1-23(2,3)22-25-14-9-12(7-8-15(14)30-22)24-18(28)11-31-10-17-26-20(29)19-13-5-4-6-16(13)32-21(19)27-17/h7-9H,4-6,10-11H2,1-3H3,(H,24,28)(H,26,27,29). The van der Waals surface area contributed by atoms with Crippen LogP contribution in [-0.4, -0.2) is 26.6 Å². The van der Waals surface area contributed by atoms with Gasteiger partial charge in [-0.05, 0) is 43.0 Å². The molecule has 5 rings (SSSR count). The number of benzene rings is 1. The van der Waals surface area contributed by atoms with E-state index in [1.54, 1.807) is 11.3 Å². The van der Waals surface area contributed by atoms with Gasteiger partial charge < -0.3 is 14.7 Å². The summed E-state index contributed by atoms with van der Waals surface area (Å²) >= 11 is 3.05. The van der Waals surface area contributed by atoms with Gasteiger partial charge in [-0.3, -0.25) is 9.59 Å². The van der Waals surface area contributed by atoms with E-state index in [-0.39, 0.29) is 22.6 Å². The van der Waals surface area contributed by atoms with E-state index in [2.05, 4.69) is 20.3 Å². The molecule has 3 aromatic heterocycles. The highest BCUT2D eigenvalue weighted by Crippen LogP contribution is 2.34. The molecular weight excluding hydrogens is 444 g/mol. The molecular formula is C23H24N4O3S2. The number of aromatic nitrogens is 3. The molecule has 0 atom stereocenters. The van der Waals surface area contributed by atoms with Crippen LogP contribution in [0.4, 0.5) is 5.69 Å². The zero-order chi connectivity index (χ0) is 22.5. The van der Waals surface area contributed by atoms with E-state index in [0.29, 0.717) is 28.7 Å². The van der Waals surface area contributed by atoms with Gasteiger partial charge in [0.2, 0.25) is 11.8 Å².